The van der Waals surface area contributed by atoms with Crippen LogP contribution in [0.5, 0.6) is 11.5 Å². The van der Waals surface area contributed by atoms with Crippen molar-refractivity contribution in [2.24, 2.45) is 5.16 Å². The molecule has 0 saturated carbocycles. The van der Waals surface area contributed by atoms with Crippen molar-refractivity contribution < 1.29 is 38.8 Å². The number of phenolic OH excluding ortho intramolecular Hbond substituents is 2. The molecule has 1 fully saturated rings. The van der Waals surface area contributed by atoms with E-state index >= 15 is 0 Å². The molecule has 53 heavy (non-hydrogen) atoms. The largest absolute Gasteiger partial charge is 0.504 e. The van der Waals surface area contributed by atoms with Crippen LogP contribution in [0.3, 0.4) is 0 Å². The van der Waals surface area contributed by atoms with Gasteiger partial charge in [0.25, 0.3) is 17.7 Å². The van der Waals surface area contributed by atoms with Crippen LogP contribution in [0.1, 0.15) is 35.7 Å². The summed E-state index contributed by atoms with van der Waals surface area (Å²) in [6, 6.07) is 5.45. The zero-order chi connectivity index (χ0) is 37.9. The number of aromatic amines is 1. The zero-order valence-corrected chi connectivity index (χ0v) is 31.1. The first-order valence-electron chi connectivity index (χ1n) is 15.6. The molecule has 1 saturated heterocycles. The zero-order valence-electron chi connectivity index (χ0n) is 27.8. The van der Waals surface area contributed by atoms with Crippen molar-refractivity contribution in [3.63, 3.8) is 0 Å². The lowest BCUT2D eigenvalue weighted by molar-refractivity contribution is -0.695. The van der Waals surface area contributed by atoms with E-state index in [0.717, 1.165) is 21.8 Å². The molecule has 22 heteroatoms. The second kappa shape index (κ2) is 15.8. The Morgan fingerprint density at radius 1 is 1.28 bits per heavy atom. The van der Waals surface area contributed by atoms with Crippen LogP contribution in [0.25, 0.3) is 5.70 Å². The Hall–Kier alpha value is -5.25. The monoisotopic (exact) mass is 800 g/mol. The minimum atomic E-state index is -1.31. The fourth-order valence-electron chi connectivity index (χ4n) is 5.05. The van der Waals surface area contributed by atoms with E-state index in [9.17, 15) is 29.4 Å². The number of anilines is 1. The molecule has 2 atom stereocenters. The van der Waals surface area contributed by atoms with Crippen LogP contribution in [0, 0.1) is 0 Å². The second-order valence-corrected chi connectivity index (χ2v) is 15.4. The molecule has 4 aromatic rings. The maximum absolute atomic E-state index is 13.6. The molecule has 1 aromatic carbocycles. The van der Waals surface area contributed by atoms with Gasteiger partial charge in [-0.25, -0.2) is 9.55 Å². The summed E-state index contributed by atoms with van der Waals surface area (Å²) in [4.78, 5) is 62.9. The number of nitrogens with two attached hydrogens (primary N) is 1. The Labute approximate surface area is 318 Å². The van der Waals surface area contributed by atoms with E-state index < -0.39 is 40.3 Å². The molecule has 0 bridgehead atoms. The number of thioether (sulfide) groups is 2. The predicted molar refractivity (Wildman–Crippen MR) is 195 cm³/mol. The molecular formula is C31H31ClN11O7S3+. The van der Waals surface area contributed by atoms with Gasteiger partial charge in [-0.1, -0.05) is 16.8 Å². The van der Waals surface area contributed by atoms with Gasteiger partial charge < -0.3 is 31.4 Å². The number of amides is 3. The molecule has 3 amide bonds. The highest BCUT2D eigenvalue weighted by molar-refractivity contribution is 8.01. The van der Waals surface area contributed by atoms with Gasteiger partial charge in [-0.3, -0.25) is 24.1 Å². The quantitative estimate of drug-likeness (QED) is 0.0200. The van der Waals surface area contributed by atoms with E-state index in [4.69, 9.17) is 22.2 Å². The van der Waals surface area contributed by atoms with Gasteiger partial charge in [-0.05, 0) is 36.8 Å². The lowest BCUT2D eigenvalue weighted by Gasteiger charge is -2.49. The Kier molecular flexibility index (Phi) is 11.2. The third-order valence-corrected chi connectivity index (χ3v) is 11.3. The highest BCUT2D eigenvalue weighted by atomic mass is 35.5. The fraction of sp³-hybridized carbons (Fsp3) is 0.290. The summed E-state index contributed by atoms with van der Waals surface area (Å²) in [5.74, 6) is -1.33. The number of hydrogen-bond donors (Lipinski definition) is 6. The maximum atomic E-state index is 13.6. The maximum Gasteiger partial charge on any atom is 0.276 e. The van der Waals surface area contributed by atoms with E-state index in [0.29, 0.717) is 30.0 Å². The molecule has 0 radical (unpaired) electrons. The number of nitrogens with zero attached hydrogens (tertiary/aromatic N) is 7. The highest BCUT2D eigenvalue weighted by Crippen LogP contribution is 2.44. The van der Waals surface area contributed by atoms with Crippen molar-refractivity contribution in [2.75, 3.05) is 23.8 Å². The van der Waals surface area contributed by atoms with Crippen LogP contribution < -0.4 is 20.9 Å². The van der Waals surface area contributed by atoms with Crippen LogP contribution in [0.2, 0.25) is 5.02 Å². The first-order valence-corrected chi connectivity index (χ1v) is 18.9. The number of carbonyl (C=O) groups excluding carboxylic acids is 4. The van der Waals surface area contributed by atoms with Crippen molar-refractivity contribution in [2.45, 2.75) is 42.3 Å². The lowest BCUT2D eigenvalue weighted by atomic mass is 10.0. The number of phenols is 2. The molecule has 7 N–H and O–H groups in total. The van der Waals surface area contributed by atoms with Crippen LogP contribution in [-0.2, 0) is 25.8 Å². The number of pyridine rings is 1. The standard InChI is InChI=1S/C31H30ClN11O7S3/c1-31(2,14-44)50-39-21(18-13-53-30(33)35-18)27(48)36-22-28(49)43-23(25-37-40-41-38-25)15(12-52-29(22)43)11-51-16-5-8-42(9-6-16)10-7-34-26(47)17-3-4-19(45)24(46)20(17)32/h3-6,8-9,13-14,22,29H,7,10-12H2,1-2H3,(H6-,33,34,35,36,37,38,39,40,41,45,46,47,48)/p+1/t22-,29-/m1/s1. The number of tetrazole rings is 1. The second-order valence-electron chi connectivity index (χ2n) is 12.0. The number of fused-ring (bicyclic) bond motifs is 1. The smallest absolute Gasteiger partial charge is 0.276 e. The molecule has 0 spiro atoms. The topological polar surface area (TPSA) is 255 Å². The summed E-state index contributed by atoms with van der Waals surface area (Å²) in [7, 11) is 0. The Morgan fingerprint density at radius 3 is 2.74 bits per heavy atom. The number of carbonyl (C=O) groups is 4. The number of aldehydes is 1. The van der Waals surface area contributed by atoms with Crippen molar-refractivity contribution in [3.8, 4) is 11.5 Å². The molecule has 3 aromatic heterocycles. The van der Waals surface area contributed by atoms with E-state index in [-0.39, 0.29) is 45.4 Å². The molecule has 276 valence electrons. The highest BCUT2D eigenvalue weighted by Gasteiger charge is 2.54. The molecule has 5 heterocycles. The summed E-state index contributed by atoms with van der Waals surface area (Å²) >= 11 is 10.1. The minimum absolute atomic E-state index is 0.0450. The molecular weight excluding hydrogens is 770 g/mol. The van der Waals surface area contributed by atoms with Crippen LogP contribution in [0.15, 0.2) is 57.7 Å². The van der Waals surface area contributed by atoms with Gasteiger partial charge in [-0.15, -0.1) is 45.1 Å². The van der Waals surface area contributed by atoms with Crippen LogP contribution in [-0.4, -0.2) is 106 Å². The number of H-pyrrole nitrogens is 1. The fourth-order valence-corrected chi connectivity index (χ4v) is 8.21. The number of rotatable bonds is 14. The molecule has 6 rings (SSSR count). The minimum Gasteiger partial charge on any atom is -0.504 e. The Balaban J connectivity index is 1.09. The number of benzene rings is 1. The number of nitrogens with one attached hydrogen (secondary N) is 3. The molecule has 2 aliphatic heterocycles. The van der Waals surface area contributed by atoms with Crippen molar-refractivity contribution >= 4 is 87.0 Å². The third-order valence-electron chi connectivity index (χ3n) is 7.80. The van der Waals surface area contributed by atoms with Gasteiger partial charge in [0.2, 0.25) is 5.82 Å². The number of aromatic hydroxyl groups is 2. The molecule has 2 aliphatic rings. The van der Waals surface area contributed by atoms with Gasteiger partial charge in [0.15, 0.2) is 53.2 Å². The number of halogens is 1. The van der Waals surface area contributed by atoms with Gasteiger partial charge in [0.05, 0.1) is 22.8 Å². The Bertz CT molecular complexity index is 2110. The summed E-state index contributed by atoms with van der Waals surface area (Å²) in [6.45, 7) is 3.69. The van der Waals surface area contributed by atoms with E-state index in [1.54, 1.807) is 16.7 Å². The van der Waals surface area contributed by atoms with Crippen molar-refractivity contribution in [1.29, 1.82) is 0 Å². The summed E-state index contributed by atoms with van der Waals surface area (Å²) in [6.07, 6.45) is 4.27. The number of hydrogen-bond acceptors (Lipinski definition) is 16. The van der Waals surface area contributed by atoms with Crippen molar-refractivity contribution in [1.82, 2.24) is 41.1 Å². The van der Waals surface area contributed by atoms with E-state index in [1.807, 2.05) is 29.1 Å². The predicted octanol–water partition coefficient (Wildman–Crippen LogP) is 1.32. The van der Waals surface area contributed by atoms with Gasteiger partial charge in [0.1, 0.15) is 17.1 Å². The summed E-state index contributed by atoms with van der Waals surface area (Å²) in [5.41, 5.74) is 5.80. The number of β-lactam (4-membered cyclic amide) rings is 1. The normalized spacial score (nSPS) is 17.2. The summed E-state index contributed by atoms with van der Waals surface area (Å²) in [5, 5.41) is 44.1. The lowest BCUT2D eigenvalue weighted by Crippen LogP contribution is -2.70. The van der Waals surface area contributed by atoms with Crippen LogP contribution in [0.4, 0.5) is 5.13 Å². The average molecular weight is 801 g/mol. The number of thiazole rings is 1. The molecule has 0 unspecified atom stereocenters. The van der Waals surface area contributed by atoms with Crippen LogP contribution >= 0.6 is 46.5 Å². The van der Waals surface area contributed by atoms with Gasteiger partial charge >= 0.3 is 0 Å². The summed E-state index contributed by atoms with van der Waals surface area (Å²) < 4.78 is 1.88. The van der Waals surface area contributed by atoms with E-state index in [2.05, 4.69) is 41.4 Å². The number of oxime groups is 1. The molecule has 18 nitrogen and oxygen atoms in total. The van der Waals surface area contributed by atoms with Gasteiger partial charge in [0, 0.05) is 33.9 Å². The molecule has 0 aliphatic carbocycles. The SMILES string of the molecule is CC(C)(C=O)O/N=C(\C(=O)N[C@@H]1C(=O)N2C(c3nn[nH]n3)=C(CSc3cc[n+](CCNC(=O)c4ccc(O)c(O)c4Cl)cc3)CS[C@H]12)c1csc(N)n1. The first kappa shape index (κ1) is 37.5. The number of aromatic nitrogens is 6. The number of nitrogen functional groups attached to an aromatic ring is 1. The van der Waals surface area contributed by atoms with Gasteiger partial charge in [-0.2, -0.15) is 5.21 Å². The van der Waals surface area contributed by atoms with Crippen molar-refractivity contribution in [3.05, 3.63) is 69.7 Å². The third kappa shape index (κ3) is 8.22. The Morgan fingerprint density at radius 2 is 2.06 bits per heavy atom. The van der Waals surface area contributed by atoms with E-state index in [1.165, 1.54) is 43.1 Å². The first-order chi connectivity index (χ1) is 25.4. The average Bonchev–Trinajstić information content (AvgIpc) is 3.84.